The minimum atomic E-state index is -4.46. The van der Waals surface area contributed by atoms with Crippen LogP contribution in [0.3, 0.4) is 0 Å². The van der Waals surface area contributed by atoms with Gasteiger partial charge in [0.2, 0.25) is 5.91 Å². The summed E-state index contributed by atoms with van der Waals surface area (Å²) in [5, 5.41) is 23.5. The highest BCUT2D eigenvalue weighted by Crippen LogP contribution is 2.15. The van der Waals surface area contributed by atoms with Gasteiger partial charge in [0, 0.05) is 0 Å². The molecular formula is C50H93NO6S. The Morgan fingerprint density at radius 1 is 0.466 bits per heavy atom. The van der Waals surface area contributed by atoms with Gasteiger partial charge in [0.05, 0.1) is 17.9 Å². The molecule has 0 radical (unpaired) electrons. The van der Waals surface area contributed by atoms with Crippen LogP contribution in [0.25, 0.3) is 0 Å². The first-order chi connectivity index (χ1) is 28.2. The summed E-state index contributed by atoms with van der Waals surface area (Å²) in [5.41, 5.74) is 0. The molecule has 0 heterocycles. The van der Waals surface area contributed by atoms with E-state index in [0.717, 1.165) is 51.4 Å². The zero-order valence-corrected chi connectivity index (χ0v) is 38.6. The lowest BCUT2D eigenvalue weighted by molar-refractivity contribution is -0.130. The molecule has 0 aromatic heterocycles. The summed E-state index contributed by atoms with van der Waals surface area (Å²) in [5.74, 6) is -1.57. The molecule has 340 valence electrons. The van der Waals surface area contributed by atoms with Crippen LogP contribution in [-0.2, 0) is 14.9 Å². The smallest absolute Gasteiger partial charge is 0.267 e. The molecule has 3 unspecified atom stereocenters. The minimum absolute atomic E-state index is 0.264. The molecule has 0 aromatic rings. The molecule has 0 aliphatic rings. The first-order valence-corrected chi connectivity index (χ1v) is 26.1. The largest absolute Gasteiger partial charge is 0.387 e. The number of hydrogen-bond donors (Lipinski definition) is 4. The van der Waals surface area contributed by atoms with Crippen molar-refractivity contribution >= 4 is 16.0 Å². The van der Waals surface area contributed by atoms with E-state index in [1.165, 1.54) is 160 Å². The highest BCUT2D eigenvalue weighted by molar-refractivity contribution is 7.85. The van der Waals surface area contributed by atoms with E-state index in [9.17, 15) is 28.0 Å². The number of aliphatic hydroxyl groups is 2. The lowest BCUT2D eigenvalue weighted by Gasteiger charge is -2.22. The molecular weight excluding hydrogens is 743 g/mol. The van der Waals surface area contributed by atoms with E-state index in [-0.39, 0.29) is 6.42 Å². The summed E-state index contributed by atoms with van der Waals surface area (Å²) in [7, 11) is -4.46. The van der Waals surface area contributed by atoms with Crippen LogP contribution in [-0.4, -0.2) is 53.1 Å². The molecule has 0 rings (SSSR count). The van der Waals surface area contributed by atoms with Crippen LogP contribution in [0, 0.1) is 0 Å². The topological polar surface area (TPSA) is 124 Å². The van der Waals surface area contributed by atoms with Crippen LogP contribution in [0.2, 0.25) is 0 Å². The van der Waals surface area contributed by atoms with Gasteiger partial charge in [-0.1, -0.05) is 217 Å². The van der Waals surface area contributed by atoms with Crippen LogP contribution in [0.5, 0.6) is 0 Å². The molecule has 0 saturated heterocycles. The molecule has 0 spiro atoms. The molecule has 8 heteroatoms. The van der Waals surface area contributed by atoms with E-state index < -0.39 is 40.0 Å². The van der Waals surface area contributed by atoms with E-state index in [1.54, 1.807) is 6.08 Å². The fraction of sp³-hybridized carbons (Fsp3) is 0.820. The monoisotopic (exact) mass is 836 g/mol. The maximum atomic E-state index is 12.6. The van der Waals surface area contributed by atoms with Gasteiger partial charge in [0.15, 0.2) is 0 Å². The summed E-state index contributed by atoms with van der Waals surface area (Å²) >= 11 is 0. The number of aliphatic hydroxyl groups excluding tert-OH is 2. The van der Waals surface area contributed by atoms with Crippen LogP contribution in [0.4, 0.5) is 0 Å². The lowest BCUT2D eigenvalue weighted by atomic mass is 10.0. The van der Waals surface area contributed by atoms with Crippen molar-refractivity contribution in [3.05, 3.63) is 48.6 Å². The molecule has 7 nitrogen and oxygen atoms in total. The molecule has 1 amide bonds. The first kappa shape index (κ1) is 56.3. The fourth-order valence-corrected chi connectivity index (χ4v) is 8.04. The molecule has 0 aromatic carbocycles. The molecule has 4 N–H and O–H groups in total. The highest BCUT2D eigenvalue weighted by Gasteiger charge is 2.27. The third-order valence-corrected chi connectivity index (χ3v) is 11.8. The van der Waals surface area contributed by atoms with Crippen molar-refractivity contribution in [3.8, 4) is 0 Å². The molecule has 0 bridgehead atoms. The Kier molecular flexibility index (Phi) is 42.1. The molecule has 0 aliphatic heterocycles. The normalized spacial score (nSPS) is 14.1. The van der Waals surface area contributed by atoms with Crippen molar-refractivity contribution in [1.82, 2.24) is 5.32 Å². The van der Waals surface area contributed by atoms with Crippen molar-refractivity contribution in [2.45, 2.75) is 257 Å². The van der Waals surface area contributed by atoms with Gasteiger partial charge in [0.25, 0.3) is 10.1 Å². The Morgan fingerprint density at radius 2 is 0.776 bits per heavy atom. The third kappa shape index (κ3) is 42.4. The van der Waals surface area contributed by atoms with Gasteiger partial charge in [-0.2, -0.15) is 8.42 Å². The maximum absolute atomic E-state index is 12.6. The fourth-order valence-electron chi connectivity index (χ4n) is 7.31. The minimum Gasteiger partial charge on any atom is -0.387 e. The summed E-state index contributed by atoms with van der Waals surface area (Å²) in [6.45, 7) is 4.53. The lowest BCUT2D eigenvalue weighted by Crippen LogP contribution is -2.50. The predicted octanol–water partition coefficient (Wildman–Crippen LogP) is 14.0. The average Bonchev–Trinajstić information content (AvgIpc) is 3.19. The van der Waals surface area contributed by atoms with Gasteiger partial charge >= 0.3 is 0 Å². The molecule has 3 atom stereocenters. The predicted molar refractivity (Wildman–Crippen MR) is 250 cm³/mol. The number of carbonyl (C=O) groups is 1. The van der Waals surface area contributed by atoms with Gasteiger partial charge in [-0.25, -0.2) is 0 Å². The summed E-state index contributed by atoms with van der Waals surface area (Å²) in [6, 6.07) is -1.26. The second-order valence-corrected chi connectivity index (χ2v) is 18.4. The maximum Gasteiger partial charge on any atom is 0.267 e. The quantitative estimate of drug-likeness (QED) is 0.0275. The second-order valence-electron chi connectivity index (χ2n) is 16.9. The third-order valence-electron chi connectivity index (χ3n) is 11.1. The Bertz CT molecular complexity index is 1120. The number of allylic oxidation sites excluding steroid dienone is 7. The highest BCUT2D eigenvalue weighted by atomic mass is 32.2. The van der Waals surface area contributed by atoms with E-state index in [0.29, 0.717) is 12.8 Å². The van der Waals surface area contributed by atoms with E-state index in [2.05, 4.69) is 55.6 Å². The van der Waals surface area contributed by atoms with Crippen molar-refractivity contribution in [2.75, 3.05) is 5.75 Å². The molecule has 0 aliphatic carbocycles. The number of amides is 1. The number of unbranched alkanes of at least 4 members (excludes halogenated alkanes) is 29. The Balaban J connectivity index is 4.00. The summed E-state index contributed by atoms with van der Waals surface area (Å²) in [4.78, 5) is 12.6. The summed E-state index contributed by atoms with van der Waals surface area (Å²) in [6.07, 6.45) is 56.1. The standard InChI is InChI=1S/C50H93NO6S/c1-3-5-7-9-11-13-15-17-19-21-23-24-25-27-29-31-33-35-37-39-41-43-45-49(53)50(54)51-47(46-58(55,56)57)48(52)44-42-40-38-36-34-32-30-28-26-22-20-18-16-14-12-10-8-6-4-2/h26-29,34,36,42,44,47-49,52-53H,3-25,30-33,35,37-41,43,45-46H2,1-2H3,(H,51,54)(H,55,56,57)/b28-26+,29-27-,36-34+,44-42+. The van der Waals surface area contributed by atoms with E-state index in [1.807, 2.05) is 0 Å². The zero-order valence-electron chi connectivity index (χ0n) is 37.8. The van der Waals surface area contributed by atoms with Crippen molar-refractivity contribution < 1.29 is 28.0 Å². The molecule has 0 fully saturated rings. The van der Waals surface area contributed by atoms with Crippen LogP contribution in [0.1, 0.15) is 239 Å². The average molecular weight is 836 g/mol. The van der Waals surface area contributed by atoms with Gasteiger partial charge in [-0.05, 0) is 70.6 Å². The number of carbonyl (C=O) groups excluding carboxylic acids is 1. The van der Waals surface area contributed by atoms with Crippen molar-refractivity contribution in [3.63, 3.8) is 0 Å². The summed E-state index contributed by atoms with van der Waals surface area (Å²) < 4.78 is 32.7. The SMILES string of the molecule is CCCCCCCCCCC/C=C/CC/C=C/CC/C=C/C(O)C(CS(=O)(=O)O)NC(=O)C(O)CCCCCCCC/C=C\CCCCCCCCCCCCCC. The number of hydrogen-bond acceptors (Lipinski definition) is 5. The number of nitrogens with one attached hydrogen (secondary N) is 1. The molecule has 0 saturated carbocycles. The van der Waals surface area contributed by atoms with Crippen LogP contribution in [0.15, 0.2) is 48.6 Å². The van der Waals surface area contributed by atoms with Gasteiger partial charge < -0.3 is 15.5 Å². The number of rotatable bonds is 44. The van der Waals surface area contributed by atoms with Gasteiger partial charge in [-0.3, -0.25) is 9.35 Å². The first-order valence-electron chi connectivity index (χ1n) is 24.4. The van der Waals surface area contributed by atoms with Crippen molar-refractivity contribution in [2.24, 2.45) is 0 Å². The van der Waals surface area contributed by atoms with Gasteiger partial charge in [0.1, 0.15) is 6.10 Å². The van der Waals surface area contributed by atoms with E-state index in [4.69, 9.17) is 0 Å². The Labute approximate surface area is 359 Å². The Hall–Kier alpha value is -1.74. The van der Waals surface area contributed by atoms with E-state index >= 15 is 0 Å². The van der Waals surface area contributed by atoms with Crippen LogP contribution >= 0.6 is 0 Å². The zero-order chi connectivity index (χ0) is 42.6. The molecule has 58 heavy (non-hydrogen) atoms. The second kappa shape index (κ2) is 43.4. The van der Waals surface area contributed by atoms with Gasteiger partial charge in [-0.15, -0.1) is 0 Å². The van der Waals surface area contributed by atoms with Crippen molar-refractivity contribution in [1.29, 1.82) is 0 Å². The Morgan fingerprint density at radius 3 is 1.14 bits per heavy atom. The van der Waals surface area contributed by atoms with Crippen LogP contribution < -0.4 is 5.32 Å².